The average molecular weight is 613 g/mol. The van der Waals surface area contributed by atoms with Gasteiger partial charge in [-0.2, -0.15) is 0 Å². The summed E-state index contributed by atoms with van der Waals surface area (Å²) in [5.41, 5.74) is -0.698. The molecule has 8 N–H and O–H groups in total. The van der Waals surface area contributed by atoms with Gasteiger partial charge in [-0.3, -0.25) is 4.79 Å². The van der Waals surface area contributed by atoms with Crippen molar-refractivity contribution in [3.63, 3.8) is 0 Å². The van der Waals surface area contributed by atoms with Gasteiger partial charge in [0, 0.05) is 12.1 Å². The molecule has 16 nitrogen and oxygen atoms in total. The molecule has 2 fully saturated rings. The van der Waals surface area contributed by atoms with Crippen LogP contribution in [0.4, 0.5) is 0 Å². The van der Waals surface area contributed by atoms with E-state index < -0.39 is 85.8 Å². The van der Waals surface area contributed by atoms with Crippen LogP contribution < -0.4 is 19.6 Å². The topological polar surface area (TPSA) is 247 Å². The standard InChI is InChI=1S/C27H32O16/c1-37-9-5-12-16(21(32)17-10(40-12)3-4-11(38-2)18(17)29)13(6-9)41-27-25(36)23(34)20(31)15(43-27)8-39-26-24(35)22(33)19(30)14(7-28)42-26/h3-6,14-15,19-20,22-31,33-36H,7-8H2,1-2H3/t14-,15-,19-,20-,22+,23+,24-,25-,26-,27-/m1/s1. The third-order valence-electron chi connectivity index (χ3n) is 7.46. The van der Waals surface area contributed by atoms with Crippen LogP contribution in [0.1, 0.15) is 0 Å². The number of phenolic OH excluding ortho intramolecular Hbond substituents is 1. The molecule has 43 heavy (non-hydrogen) atoms. The first-order valence-corrected chi connectivity index (χ1v) is 13.1. The summed E-state index contributed by atoms with van der Waals surface area (Å²) in [4.78, 5) is 13.6. The first kappa shape index (κ1) is 31.1. The third kappa shape index (κ3) is 5.58. The van der Waals surface area contributed by atoms with Gasteiger partial charge in [0.2, 0.25) is 11.7 Å². The van der Waals surface area contributed by atoms with Gasteiger partial charge in [0.25, 0.3) is 0 Å². The highest BCUT2D eigenvalue weighted by atomic mass is 16.7. The Kier molecular flexibility index (Phi) is 8.96. The number of aliphatic hydroxyl groups is 7. The molecular weight excluding hydrogens is 580 g/mol. The average Bonchev–Trinajstić information content (AvgIpc) is 3.00. The predicted molar refractivity (Wildman–Crippen MR) is 142 cm³/mol. The molecule has 2 saturated heterocycles. The summed E-state index contributed by atoms with van der Waals surface area (Å²) in [5, 5.41) is 81.6. The lowest BCUT2D eigenvalue weighted by Crippen LogP contribution is -2.62. The van der Waals surface area contributed by atoms with Crippen LogP contribution in [0, 0.1) is 0 Å². The summed E-state index contributed by atoms with van der Waals surface area (Å²) in [6.45, 7) is -1.29. The van der Waals surface area contributed by atoms with Crippen molar-refractivity contribution in [3.05, 3.63) is 34.5 Å². The summed E-state index contributed by atoms with van der Waals surface area (Å²) in [7, 11) is 2.65. The minimum atomic E-state index is -1.85. The molecule has 3 heterocycles. The number of rotatable bonds is 8. The minimum absolute atomic E-state index is 0.00944. The van der Waals surface area contributed by atoms with E-state index in [0.29, 0.717) is 0 Å². The highest BCUT2D eigenvalue weighted by Crippen LogP contribution is 2.38. The summed E-state index contributed by atoms with van der Waals surface area (Å²) in [5.74, 6) is -0.514. The van der Waals surface area contributed by atoms with E-state index in [4.69, 9.17) is 32.8 Å². The van der Waals surface area contributed by atoms with Crippen LogP contribution >= 0.6 is 0 Å². The van der Waals surface area contributed by atoms with Gasteiger partial charge in [0.1, 0.15) is 82.3 Å². The van der Waals surface area contributed by atoms with E-state index >= 15 is 0 Å². The van der Waals surface area contributed by atoms with E-state index in [9.17, 15) is 45.6 Å². The van der Waals surface area contributed by atoms with E-state index in [1.807, 2.05) is 0 Å². The summed E-state index contributed by atoms with van der Waals surface area (Å²) >= 11 is 0. The van der Waals surface area contributed by atoms with Gasteiger partial charge in [-0.15, -0.1) is 0 Å². The number of hydrogen-bond acceptors (Lipinski definition) is 16. The molecular formula is C27H32O16. The van der Waals surface area contributed by atoms with E-state index in [1.165, 1.54) is 38.5 Å². The fourth-order valence-electron chi connectivity index (χ4n) is 5.02. The SMILES string of the molecule is COc1cc(O[C@@H]2O[C@H](CO[C@@H]3O[C@H](CO)[C@@H](O)[C@H](O)[C@H]3O)[C@@H](O)[C@H](O)[C@H]2O)c2c(=O)c3c(O)c(OC)ccc3oc2c1. The molecule has 2 aliphatic rings. The Balaban J connectivity index is 1.45. The summed E-state index contributed by atoms with van der Waals surface area (Å²) < 4.78 is 38.4. The third-order valence-corrected chi connectivity index (χ3v) is 7.46. The number of hydrogen-bond donors (Lipinski definition) is 8. The van der Waals surface area contributed by atoms with Gasteiger partial charge in [0.05, 0.1) is 27.4 Å². The molecule has 0 bridgehead atoms. The van der Waals surface area contributed by atoms with Crippen LogP contribution in [0.3, 0.4) is 0 Å². The van der Waals surface area contributed by atoms with Gasteiger partial charge in [0.15, 0.2) is 17.8 Å². The Morgan fingerprint density at radius 1 is 0.744 bits per heavy atom. The number of ether oxygens (including phenoxy) is 6. The molecule has 236 valence electrons. The maximum Gasteiger partial charge on any atom is 0.229 e. The molecule has 2 aliphatic heterocycles. The van der Waals surface area contributed by atoms with Gasteiger partial charge in [-0.25, -0.2) is 0 Å². The Bertz CT molecular complexity index is 1510. The number of aliphatic hydroxyl groups excluding tert-OH is 7. The normalized spacial score (nSPS) is 33.0. The first-order valence-electron chi connectivity index (χ1n) is 13.1. The van der Waals surface area contributed by atoms with E-state index in [2.05, 4.69) is 0 Å². The Morgan fingerprint density at radius 2 is 1.40 bits per heavy atom. The molecule has 3 aromatic rings. The van der Waals surface area contributed by atoms with Crippen LogP contribution in [-0.2, 0) is 14.2 Å². The van der Waals surface area contributed by atoms with Crippen LogP contribution in [0.2, 0.25) is 0 Å². The van der Waals surface area contributed by atoms with Crippen LogP contribution in [0.15, 0.2) is 33.5 Å². The smallest absolute Gasteiger partial charge is 0.229 e. The van der Waals surface area contributed by atoms with Crippen molar-refractivity contribution in [1.29, 1.82) is 0 Å². The number of fused-ring (bicyclic) bond motifs is 2. The highest BCUT2D eigenvalue weighted by molar-refractivity contribution is 5.97. The quantitative estimate of drug-likeness (QED) is 0.124. The lowest BCUT2D eigenvalue weighted by molar-refractivity contribution is -0.323. The molecule has 1 aromatic heterocycles. The molecule has 0 spiro atoms. The predicted octanol–water partition coefficient (Wildman–Crippen LogP) is -2.33. The summed E-state index contributed by atoms with van der Waals surface area (Å²) in [6.07, 6.45) is -16.5. The van der Waals surface area contributed by atoms with Crippen LogP contribution in [-0.4, -0.2) is 130 Å². The second-order valence-corrected chi connectivity index (χ2v) is 10.1. The largest absolute Gasteiger partial charge is 0.504 e. The molecule has 2 aromatic carbocycles. The maximum absolute atomic E-state index is 13.6. The van der Waals surface area contributed by atoms with Crippen LogP contribution in [0.25, 0.3) is 21.9 Å². The highest BCUT2D eigenvalue weighted by Gasteiger charge is 2.48. The second-order valence-electron chi connectivity index (χ2n) is 10.1. The Morgan fingerprint density at radius 3 is 2.05 bits per heavy atom. The lowest BCUT2D eigenvalue weighted by Gasteiger charge is -2.42. The van der Waals surface area contributed by atoms with Crippen molar-refractivity contribution >= 4 is 21.9 Å². The molecule has 16 heteroatoms. The van der Waals surface area contributed by atoms with Crippen molar-refractivity contribution in [2.45, 2.75) is 61.4 Å². The van der Waals surface area contributed by atoms with Gasteiger partial charge in [-0.1, -0.05) is 0 Å². The fourth-order valence-corrected chi connectivity index (χ4v) is 5.02. The fraction of sp³-hybridized carbons (Fsp3) is 0.519. The maximum atomic E-state index is 13.6. The van der Waals surface area contributed by atoms with E-state index in [0.717, 1.165) is 0 Å². The molecule has 0 unspecified atom stereocenters. The number of phenols is 1. The number of benzene rings is 2. The zero-order chi connectivity index (χ0) is 31.2. The zero-order valence-electron chi connectivity index (χ0n) is 22.8. The lowest BCUT2D eigenvalue weighted by atomic mass is 9.98. The molecule has 0 amide bonds. The van der Waals surface area contributed by atoms with Crippen molar-refractivity contribution in [3.8, 4) is 23.0 Å². The first-order chi connectivity index (χ1) is 20.5. The molecule has 0 saturated carbocycles. The molecule has 0 aliphatic carbocycles. The van der Waals surface area contributed by atoms with Gasteiger partial charge >= 0.3 is 0 Å². The second kappa shape index (κ2) is 12.4. The van der Waals surface area contributed by atoms with Crippen molar-refractivity contribution in [2.75, 3.05) is 27.4 Å². The number of aromatic hydroxyl groups is 1. The van der Waals surface area contributed by atoms with Crippen molar-refractivity contribution in [2.24, 2.45) is 0 Å². The number of methoxy groups -OCH3 is 2. The van der Waals surface area contributed by atoms with Gasteiger partial charge in [-0.05, 0) is 12.1 Å². The monoisotopic (exact) mass is 612 g/mol. The van der Waals surface area contributed by atoms with Crippen molar-refractivity contribution < 1.29 is 73.7 Å². The minimum Gasteiger partial charge on any atom is -0.504 e. The Hall–Kier alpha value is -3.29. The van der Waals surface area contributed by atoms with E-state index in [1.54, 1.807) is 0 Å². The molecule has 0 radical (unpaired) electrons. The summed E-state index contributed by atoms with van der Waals surface area (Å²) in [6, 6.07) is 5.53. The Labute approximate surface area is 242 Å². The zero-order valence-corrected chi connectivity index (χ0v) is 22.8. The molecule has 5 rings (SSSR count). The van der Waals surface area contributed by atoms with Crippen LogP contribution in [0.5, 0.6) is 23.0 Å². The molecule has 10 atom stereocenters. The van der Waals surface area contributed by atoms with Gasteiger partial charge < -0.3 is 73.7 Å². The van der Waals surface area contributed by atoms with E-state index in [-0.39, 0.29) is 39.2 Å². The van der Waals surface area contributed by atoms with Crippen molar-refractivity contribution in [1.82, 2.24) is 0 Å².